The number of hydrogen-bond acceptors (Lipinski definition) is 1. The Labute approximate surface area is 395 Å². The zero-order valence-corrected chi connectivity index (χ0v) is 37.6. The summed E-state index contributed by atoms with van der Waals surface area (Å²) in [5, 5.41) is 9.87. The van der Waals surface area contributed by atoms with Crippen LogP contribution in [-0.2, 0) is 0 Å². The predicted molar refractivity (Wildman–Crippen MR) is 292 cm³/mol. The highest BCUT2D eigenvalue weighted by atomic mass is 32.1. The quantitative estimate of drug-likeness (QED) is 0.100. The molecule has 0 atom stereocenters. The lowest BCUT2D eigenvalue weighted by molar-refractivity contribution is 1.63. The van der Waals surface area contributed by atoms with Crippen molar-refractivity contribution in [2.75, 3.05) is 0 Å². The van der Waals surface area contributed by atoms with E-state index in [9.17, 15) is 0 Å². The van der Waals surface area contributed by atoms with E-state index >= 15 is 0 Å². The first-order valence-corrected chi connectivity index (χ1v) is 23.8. The van der Waals surface area contributed by atoms with Gasteiger partial charge in [0.25, 0.3) is 0 Å². The average molecular weight is 869 g/mol. The van der Waals surface area contributed by atoms with Crippen molar-refractivity contribution in [1.82, 2.24) is 0 Å². The van der Waals surface area contributed by atoms with Crippen molar-refractivity contribution < 1.29 is 0 Å². The lowest BCUT2D eigenvalue weighted by atomic mass is 9.82. The molecule has 0 radical (unpaired) electrons. The third kappa shape index (κ3) is 7.66. The van der Waals surface area contributed by atoms with Gasteiger partial charge < -0.3 is 0 Å². The van der Waals surface area contributed by atoms with Gasteiger partial charge in [-0.3, -0.25) is 0 Å². The van der Waals surface area contributed by atoms with Crippen molar-refractivity contribution in [2.45, 2.75) is 0 Å². The van der Waals surface area contributed by atoms with Crippen LogP contribution >= 0.6 is 11.3 Å². The Kier molecular flexibility index (Phi) is 10.5. The molecule has 0 fully saturated rings. The van der Waals surface area contributed by atoms with Gasteiger partial charge in [-0.1, -0.05) is 249 Å². The van der Waals surface area contributed by atoms with Gasteiger partial charge in [0, 0.05) is 9.75 Å². The minimum absolute atomic E-state index is 1.18. The fraction of sp³-hybridized carbons (Fsp3) is 0. The zero-order valence-electron chi connectivity index (χ0n) is 36.8. The van der Waals surface area contributed by atoms with Crippen molar-refractivity contribution >= 4 is 78.7 Å². The van der Waals surface area contributed by atoms with Gasteiger partial charge in [0.15, 0.2) is 0 Å². The molecule has 0 spiro atoms. The van der Waals surface area contributed by atoms with E-state index in [1.807, 2.05) is 11.3 Å². The molecule has 11 aromatic carbocycles. The summed E-state index contributed by atoms with van der Waals surface area (Å²) in [7, 11) is 0. The van der Waals surface area contributed by atoms with E-state index in [2.05, 4.69) is 267 Å². The molecule has 12 aromatic rings. The van der Waals surface area contributed by atoms with E-state index in [0.29, 0.717) is 0 Å². The van der Waals surface area contributed by atoms with Crippen LogP contribution in [0.15, 0.2) is 243 Å². The SMILES string of the molecule is C(=Cc1ccc(-c2c3ccccc3c(-c3ccc(C=Cc4ccccc4)c4ccccc34)c3cc(-c4ccc(-c5ccc(-c6ccccc6)s5)cc4)ccc23)c2ccccc12)c1ccccc1. The van der Waals surface area contributed by atoms with E-state index in [1.165, 1.54) is 120 Å². The second-order valence-electron chi connectivity index (χ2n) is 17.1. The first kappa shape index (κ1) is 40.2. The molecular formula is C66H44S. The molecule has 0 bridgehead atoms. The van der Waals surface area contributed by atoms with Gasteiger partial charge in [-0.2, -0.15) is 0 Å². The van der Waals surface area contributed by atoms with Crippen LogP contribution in [0.4, 0.5) is 0 Å². The molecule has 314 valence electrons. The second kappa shape index (κ2) is 17.6. The first-order chi connectivity index (χ1) is 33.2. The number of hydrogen-bond donors (Lipinski definition) is 0. The van der Waals surface area contributed by atoms with Gasteiger partial charge in [-0.05, 0) is 128 Å². The molecule has 0 aliphatic carbocycles. The van der Waals surface area contributed by atoms with Crippen LogP contribution in [0.5, 0.6) is 0 Å². The molecule has 0 aliphatic rings. The number of benzene rings is 11. The summed E-state index contributed by atoms with van der Waals surface area (Å²) in [6.07, 6.45) is 8.94. The molecule has 0 nitrogen and oxygen atoms in total. The summed E-state index contributed by atoms with van der Waals surface area (Å²) in [4.78, 5) is 2.55. The van der Waals surface area contributed by atoms with Gasteiger partial charge in [0.05, 0.1) is 0 Å². The van der Waals surface area contributed by atoms with Crippen molar-refractivity contribution in [3.05, 3.63) is 265 Å². The van der Waals surface area contributed by atoms with Crippen LogP contribution in [0.3, 0.4) is 0 Å². The molecule has 1 heteroatoms. The Hall–Kier alpha value is -8.36. The van der Waals surface area contributed by atoms with E-state index in [1.54, 1.807) is 0 Å². The summed E-state index contributed by atoms with van der Waals surface area (Å²) in [6.45, 7) is 0. The summed E-state index contributed by atoms with van der Waals surface area (Å²) in [5.41, 5.74) is 14.6. The van der Waals surface area contributed by atoms with Gasteiger partial charge in [-0.25, -0.2) is 0 Å². The van der Waals surface area contributed by atoms with Crippen LogP contribution < -0.4 is 0 Å². The molecule has 0 saturated carbocycles. The van der Waals surface area contributed by atoms with Gasteiger partial charge in [0.1, 0.15) is 0 Å². The lowest BCUT2D eigenvalue weighted by Gasteiger charge is -2.21. The third-order valence-electron chi connectivity index (χ3n) is 13.2. The average Bonchev–Trinajstić information content (AvgIpc) is 3.91. The molecule has 0 unspecified atom stereocenters. The van der Waals surface area contributed by atoms with Crippen LogP contribution in [0, 0.1) is 0 Å². The molecule has 1 heterocycles. The zero-order chi connectivity index (χ0) is 44.5. The van der Waals surface area contributed by atoms with Crippen LogP contribution in [0.25, 0.3) is 122 Å². The van der Waals surface area contributed by atoms with Gasteiger partial charge >= 0.3 is 0 Å². The van der Waals surface area contributed by atoms with E-state index in [0.717, 1.165) is 0 Å². The topological polar surface area (TPSA) is 0 Å². The van der Waals surface area contributed by atoms with Crippen molar-refractivity contribution in [3.8, 4) is 54.3 Å². The molecular weight excluding hydrogens is 825 g/mol. The van der Waals surface area contributed by atoms with Crippen LogP contribution in [-0.4, -0.2) is 0 Å². The Bertz CT molecular complexity index is 3820. The Balaban J connectivity index is 1.06. The van der Waals surface area contributed by atoms with Crippen molar-refractivity contribution in [1.29, 1.82) is 0 Å². The van der Waals surface area contributed by atoms with Gasteiger partial charge in [0.2, 0.25) is 0 Å². The molecule has 1 aromatic heterocycles. The molecule has 0 saturated heterocycles. The molecule has 0 amide bonds. The van der Waals surface area contributed by atoms with E-state index < -0.39 is 0 Å². The van der Waals surface area contributed by atoms with Crippen LogP contribution in [0.2, 0.25) is 0 Å². The smallest absolute Gasteiger partial charge is 0.0349 e. The summed E-state index contributed by atoms with van der Waals surface area (Å²) in [5.74, 6) is 0. The molecule has 12 rings (SSSR count). The standard InChI is InChI=1S/C66H44S/c1-4-16-45(17-5-1)28-30-48-36-39-59(55-24-12-10-22-53(48)55)65-57-26-14-15-27-58(57)66(60-40-37-49(54-23-11-13-25-56(54)60)31-29-46-18-6-2-7-19-46)62-44-52(38-41-61(62)65)47-32-34-51(35-33-47)64-43-42-63(67-64)50-20-8-3-9-21-50/h1-44H. The summed E-state index contributed by atoms with van der Waals surface area (Å²) < 4.78 is 0. The summed E-state index contributed by atoms with van der Waals surface area (Å²) >= 11 is 1.84. The molecule has 67 heavy (non-hydrogen) atoms. The summed E-state index contributed by atoms with van der Waals surface area (Å²) in [6, 6.07) is 88.7. The second-order valence-corrected chi connectivity index (χ2v) is 18.2. The Morgan fingerprint density at radius 1 is 0.239 bits per heavy atom. The predicted octanol–water partition coefficient (Wildman–Crippen LogP) is 19.0. The maximum Gasteiger partial charge on any atom is 0.0349 e. The van der Waals surface area contributed by atoms with E-state index in [-0.39, 0.29) is 0 Å². The highest BCUT2D eigenvalue weighted by molar-refractivity contribution is 7.18. The largest absolute Gasteiger partial charge is 0.135 e. The monoisotopic (exact) mass is 868 g/mol. The molecule has 0 N–H and O–H groups in total. The highest BCUT2D eigenvalue weighted by Gasteiger charge is 2.21. The number of fused-ring (bicyclic) bond motifs is 4. The van der Waals surface area contributed by atoms with Crippen LogP contribution in [0.1, 0.15) is 22.3 Å². The minimum atomic E-state index is 1.18. The fourth-order valence-corrected chi connectivity index (χ4v) is 10.9. The molecule has 0 aliphatic heterocycles. The number of rotatable bonds is 9. The number of thiophene rings is 1. The van der Waals surface area contributed by atoms with Crippen molar-refractivity contribution in [2.24, 2.45) is 0 Å². The Morgan fingerprint density at radius 3 is 1.15 bits per heavy atom. The Morgan fingerprint density at radius 2 is 0.627 bits per heavy atom. The highest BCUT2D eigenvalue weighted by Crippen LogP contribution is 2.48. The lowest BCUT2D eigenvalue weighted by Crippen LogP contribution is -1.94. The third-order valence-corrected chi connectivity index (χ3v) is 14.3. The van der Waals surface area contributed by atoms with Gasteiger partial charge in [-0.15, -0.1) is 11.3 Å². The van der Waals surface area contributed by atoms with Crippen molar-refractivity contribution in [3.63, 3.8) is 0 Å². The van der Waals surface area contributed by atoms with E-state index in [4.69, 9.17) is 0 Å². The minimum Gasteiger partial charge on any atom is -0.135 e. The maximum absolute atomic E-state index is 2.45. The fourth-order valence-electron chi connectivity index (χ4n) is 9.89. The maximum atomic E-state index is 2.45. The normalized spacial score (nSPS) is 11.8. The first-order valence-electron chi connectivity index (χ1n) is 23.0.